The lowest BCUT2D eigenvalue weighted by Gasteiger charge is -2.13. The number of benzene rings is 1. The van der Waals surface area contributed by atoms with Gasteiger partial charge in [0.15, 0.2) is 11.0 Å². The number of hydrogen-bond acceptors (Lipinski definition) is 5. The van der Waals surface area contributed by atoms with E-state index < -0.39 is 0 Å². The van der Waals surface area contributed by atoms with Crippen LogP contribution in [0, 0.1) is 0 Å². The number of anilines is 1. The predicted molar refractivity (Wildman–Crippen MR) is 99.1 cm³/mol. The predicted octanol–water partition coefficient (Wildman–Crippen LogP) is 3.54. The molecule has 3 aromatic rings. The molecule has 25 heavy (non-hydrogen) atoms. The molecule has 0 spiro atoms. The summed E-state index contributed by atoms with van der Waals surface area (Å²) >= 11 is 1.33. The Morgan fingerprint density at radius 1 is 1.20 bits per heavy atom. The lowest BCUT2D eigenvalue weighted by molar-refractivity contribution is -0.115. The Morgan fingerprint density at radius 2 is 1.96 bits per heavy atom. The minimum absolute atomic E-state index is 0.0991. The third-order valence-electron chi connectivity index (χ3n) is 3.39. The molecular weight excluding hydrogens is 334 g/mol. The van der Waals surface area contributed by atoms with Gasteiger partial charge in [-0.15, -0.1) is 16.8 Å². The lowest BCUT2D eigenvalue weighted by Crippen LogP contribution is -2.24. The highest BCUT2D eigenvalue weighted by Gasteiger charge is 2.21. The van der Waals surface area contributed by atoms with E-state index in [1.165, 1.54) is 11.8 Å². The molecule has 1 atom stereocenters. The molecule has 3 rings (SSSR count). The van der Waals surface area contributed by atoms with E-state index in [0.29, 0.717) is 17.4 Å². The third-order valence-corrected chi connectivity index (χ3v) is 4.49. The SMILES string of the molecule is C=CCC(Sc1nnc(-c2ccncc2)[nH]1)C(=O)Nc1ccccc1. The first-order valence-electron chi connectivity index (χ1n) is 7.73. The Hall–Kier alpha value is -2.93. The Balaban J connectivity index is 1.70. The van der Waals surface area contributed by atoms with Crippen LogP contribution in [0.3, 0.4) is 0 Å². The van der Waals surface area contributed by atoms with Gasteiger partial charge in [0, 0.05) is 23.6 Å². The molecule has 1 aromatic carbocycles. The maximum atomic E-state index is 12.5. The second kappa shape index (κ2) is 8.25. The Labute approximate surface area is 149 Å². The largest absolute Gasteiger partial charge is 0.325 e. The average Bonchev–Trinajstić information content (AvgIpc) is 3.11. The summed E-state index contributed by atoms with van der Waals surface area (Å²) in [6, 6.07) is 13.1. The van der Waals surface area contributed by atoms with Gasteiger partial charge in [0.2, 0.25) is 5.91 Å². The summed E-state index contributed by atoms with van der Waals surface area (Å²) in [6.45, 7) is 3.74. The van der Waals surface area contributed by atoms with Gasteiger partial charge in [0.25, 0.3) is 0 Å². The van der Waals surface area contributed by atoms with Crippen LogP contribution in [-0.2, 0) is 4.79 Å². The van der Waals surface area contributed by atoms with Crippen LogP contribution in [0.2, 0.25) is 0 Å². The van der Waals surface area contributed by atoms with Crippen LogP contribution in [0.5, 0.6) is 0 Å². The lowest BCUT2D eigenvalue weighted by atomic mass is 10.2. The van der Waals surface area contributed by atoms with Crippen molar-refractivity contribution in [3.8, 4) is 11.4 Å². The second-order valence-electron chi connectivity index (χ2n) is 5.20. The van der Waals surface area contributed by atoms with Crippen molar-refractivity contribution in [2.24, 2.45) is 0 Å². The second-order valence-corrected chi connectivity index (χ2v) is 6.39. The highest BCUT2D eigenvalue weighted by Crippen LogP contribution is 2.25. The summed E-state index contributed by atoms with van der Waals surface area (Å²) in [6.07, 6.45) is 5.63. The fraction of sp³-hybridized carbons (Fsp3) is 0.111. The van der Waals surface area contributed by atoms with Crippen LogP contribution in [0.15, 0.2) is 72.7 Å². The van der Waals surface area contributed by atoms with Crippen LogP contribution < -0.4 is 5.32 Å². The number of pyridine rings is 1. The maximum absolute atomic E-state index is 12.5. The van der Waals surface area contributed by atoms with Gasteiger partial charge in [0.1, 0.15) is 0 Å². The van der Waals surface area contributed by atoms with Crippen molar-refractivity contribution in [2.45, 2.75) is 16.8 Å². The van der Waals surface area contributed by atoms with Crippen molar-refractivity contribution in [3.05, 3.63) is 67.5 Å². The number of carbonyl (C=O) groups excluding carboxylic acids is 1. The zero-order chi connectivity index (χ0) is 17.5. The van der Waals surface area contributed by atoms with Gasteiger partial charge < -0.3 is 10.3 Å². The van der Waals surface area contributed by atoms with Crippen molar-refractivity contribution in [3.63, 3.8) is 0 Å². The first kappa shape index (κ1) is 16.9. The molecular formula is C18H17N5OS. The molecule has 7 heteroatoms. The minimum Gasteiger partial charge on any atom is -0.325 e. The number of H-pyrrole nitrogens is 1. The van der Waals surface area contributed by atoms with E-state index >= 15 is 0 Å². The van der Waals surface area contributed by atoms with Gasteiger partial charge in [-0.1, -0.05) is 36.0 Å². The van der Waals surface area contributed by atoms with Crippen LogP contribution in [-0.4, -0.2) is 31.3 Å². The monoisotopic (exact) mass is 351 g/mol. The van der Waals surface area contributed by atoms with E-state index in [0.717, 1.165) is 11.3 Å². The summed E-state index contributed by atoms with van der Waals surface area (Å²) in [4.78, 5) is 19.7. The molecule has 0 radical (unpaired) electrons. The van der Waals surface area contributed by atoms with Crippen LogP contribution in [0.25, 0.3) is 11.4 Å². The Kier molecular flexibility index (Phi) is 5.58. The number of nitrogens with zero attached hydrogens (tertiary/aromatic N) is 3. The van der Waals surface area contributed by atoms with Gasteiger partial charge in [-0.25, -0.2) is 0 Å². The Bertz CT molecular complexity index is 835. The highest BCUT2D eigenvalue weighted by molar-refractivity contribution is 8.00. The number of hydrogen-bond donors (Lipinski definition) is 2. The van der Waals surface area contributed by atoms with Gasteiger partial charge in [-0.2, -0.15) is 0 Å². The molecule has 1 unspecified atom stereocenters. The molecule has 0 bridgehead atoms. The molecule has 1 amide bonds. The van der Waals surface area contributed by atoms with Crippen molar-refractivity contribution in [1.82, 2.24) is 20.2 Å². The fourth-order valence-electron chi connectivity index (χ4n) is 2.18. The van der Waals surface area contributed by atoms with Crippen LogP contribution in [0.4, 0.5) is 5.69 Å². The van der Waals surface area contributed by atoms with Gasteiger partial charge >= 0.3 is 0 Å². The summed E-state index contributed by atoms with van der Waals surface area (Å²) in [5.74, 6) is 0.545. The molecule has 2 aromatic heterocycles. The summed E-state index contributed by atoms with van der Waals surface area (Å²) < 4.78 is 0. The number of rotatable bonds is 7. The molecule has 2 N–H and O–H groups in total. The standard InChI is InChI=1S/C18H17N5OS/c1-2-6-15(17(24)20-14-7-4-3-5-8-14)25-18-21-16(22-23-18)13-9-11-19-12-10-13/h2-5,7-12,15H,1,6H2,(H,20,24)(H,21,22,23). The van der Waals surface area contributed by atoms with Gasteiger partial charge in [0.05, 0.1) is 5.25 Å². The number of carbonyl (C=O) groups is 1. The van der Waals surface area contributed by atoms with Crippen LogP contribution in [0.1, 0.15) is 6.42 Å². The van der Waals surface area contributed by atoms with Crippen molar-refractivity contribution in [2.75, 3.05) is 5.32 Å². The van der Waals surface area contributed by atoms with E-state index in [4.69, 9.17) is 0 Å². The van der Waals surface area contributed by atoms with E-state index in [-0.39, 0.29) is 11.2 Å². The molecule has 126 valence electrons. The molecule has 0 aliphatic carbocycles. The van der Waals surface area contributed by atoms with Crippen LogP contribution >= 0.6 is 11.8 Å². The van der Waals surface area contributed by atoms with E-state index in [1.807, 2.05) is 42.5 Å². The number of aromatic nitrogens is 4. The highest BCUT2D eigenvalue weighted by atomic mass is 32.2. The Morgan fingerprint density at radius 3 is 2.68 bits per heavy atom. The van der Waals surface area contributed by atoms with E-state index in [2.05, 4.69) is 32.1 Å². The molecule has 0 fully saturated rings. The van der Waals surface area contributed by atoms with Gasteiger partial charge in [-0.3, -0.25) is 9.78 Å². The fourth-order valence-corrected chi connectivity index (χ4v) is 3.09. The molecule has 0 aliphatic heterocycles. The molecule has 0 aliphatic rings. The molecule has 6 nitrogen and oxygen atoms in total. The smallest absolute Gasteiger partial charge is 0.238 e. The number of thioether (sulfide) groups is 1. The number of aromatic amines is 1. The molecule has 0 saturated heterocycles. The number of allylic oxidation sites excluding steroid dienone is 1. The minimum atomic E-state index is -0.351. The summed E-state index contributed by atoms with van der Waals surface area (Å²) in [5.41, 5.74) is 1.65. The zero-order valence-corrected chi connectivity index (χ0v) is 14.2. The topological polar surface area (TPSA) is 83.6 Å². The first-order valence-corrected chi connectivity index (χ1v) is 8.61. The van der Waals surface area contributed by atoms with Crippen molar-refractivity contribution in [1.29, 1.82) is 0 Å². The number of amides is 1. The van der Waals surface area contributed by atoms with Gasteiger partial charge in [-0.05, 0) is 30.7 Å². The first-order chi connectivity index (χ1) is 12.3. The maximum Gasteiger partial charge on any atom is 0.238 e. The average molecular weight is 351 g/mol. The third kappa shape index (κ3) is 4.54. The van der Waals surface area contributed by atoms with Crippen molar-refractivity contribution < 1.29 is 4.79 Å². The zero-order valence-electron chi connectivity index (χ0n) is 13.4. The number of para-hydroxylation sites is 1. The van der Waals surface area contributed by atoms with Crippen molar-refractivity contribution >= 4 is 23.4 Å². The normalized spacial score (nSPS) is 11.7. The number of nitrogens with one attached hydrogen (secondary N) is 2. The summed E-state index contributed by atoms with van der Waals surface area (Å²) in [7, 11) is 0. The van der Waals surface area contributed by atoms with E-state index in [1.54, 1.807) is 18.5 Å². The quantitative estimate of drug-likeness (QED) is 0.502. The summed E-state index contributed by atoms with van der Waals surface area (Å²) in [5, 5.41) is 11.4. The molecule has 0 saturated carbocycles. The molecule has 2 heterocycles. The van der Waals surface area contributed by atoms with E-state index in [9.17, 15) is 4.79 Å².